The van der Waals surface area contributed by atoms with Crippen LogP contribution in [0.25, 0.3) is 0 Å². The molecule has 4 aromatic rings. The Morgan fingerprint density at radius 2 is 1.76 bits per heavy atom. The average molecular weight is 475 g/mol. The number of aryl methyl sites for hydroxylation is 3. The van der Waals surface area contributed by atoms with Gasteiger partial charge in [-0.2, -0.15) is 0 Å². The van der Waals surface area contributed by atoms with Gasteiger partial charge in [-0.05, 0) is 67.3 Å². The van der Waals surface area contributed by atoms with Gasteiger partial charge in [0.1, 0.15) is 18.1 Å². The number of carbonyl (C=O) groups excluding carboxylic acids is 1. The van der Waals surface area contributed by atoms with Crippen LogP contribution in [0.15, 0.2) is 77.3 Å². The molecule has 0 bridgehead atoms. The van der Waals surface area contributed by atoms with Crippen LogP contribution in [-0.4, -0.2) is 11.1 Å². The van der Waals surface area contributed by atoms with Crippen LogP contribution in [0.4, 0.5) is 0 Å². The molecule has 1 N–H and O–H groups in total. The topological polar surface area (TPSA) is 64.4 Å². The van der Waals surface area contributed by atoms with E-state index in [1.165, 1.54) is 0 Å². The van der Waals surface area contributed by atoms with E-state index in [0.717, 1.165) is 45.0 Å². The van der Waals surface area contributed by atoms with Crippen LogP contribution < -0.4 is 10.1 Å². The lowest BCUT2D eigenvalue weighted by Gasteiger charge is -2.22. The summed E-state index contributed by atoms with van der Waals surface area (Å²) in [6.07, 6.45) is 0.264. The second kappa shape index (κ2) is 10.6. The molecule has 0 saturated heterocycles. The largest absolute Gasteiger partial charge is 0.489 e. The highest BCUT2D eigenvalue weighted by Crippen LogP contribution is 2.27. The molecule has 1 atom stereocenters. The lowest BCUT2D eigenvalue weighted by molar-refractivity contribution is -0.120. The van der Waals surface area contributed by atoms with E-state index >= 15 is 0 Å². The third-order valence-corrected chi connectivity index (χ3v) is 6.07. The molecule has 0 spiro atoms. The fourth-order valence-corrected chi connectivity index (χ4v) is 4.14. The Bertz CT molecular complexity index is 1250. The quantitative estimate of drug-likeness (QED) is 0.326. The highest BCUT2D eigenvalue weighted by Gasteiger charge is 2.19. The zero-order chi connectivity index (χ0) is 24.1. The number of nitrogens with one attached hydrogen (secondary N) is 1. The molecule has 34 heavy (non-hydrogen) atoms. The van der Waals surface area contributed by atoms with Crippen LogP contribution >= 0.6 is 11.6 Å². The minimum atomic E-state index is -0.261. The molecule has 6 heteroatoms. The molecule has 1 aromatic heterocycles. The fraction of sp³-hybridized carbons (Fsp3) is 0.214. The average Bonchev–Trinajstić information content (AvgIpc) is 3.15. The first-order valence-electron chi connectivity index (χ1n) is 11.1. The van der Waals surface area contributed by atoms with Crippen molar-refractivity contribution >= 4 is 17.5 Å². The lowest BCUT2D eigenvalue weighted by atomic mass is 9.94. The lowest BCUT2D eigenvalue weighted by Crippen LogP contribution is -2.31. The van der Waals surface area contributed by atoms with Crippen molar-refractivity contribution in [2.75, 3.05) is 0 Å². The molecule has 0 saturated carbocycles. The summed E-state index contributed by atoms with van der Waals surface area (Å²) in [6, 6.07) is 23.0. The summed E-state index contributed by atoms with van der Waals surface area (Å²) < 4.78 is 11.0. The van der Waals surface area contributed by atoms with E-state index in [1.54, 1.807) is 0 Å². The predicted octanol–water partition coefficient (Wildman–Crippen LogP) is 6.28. The first kappa shape index (κ1) is 23.6. The normalized spacial score (nSPS) is 11.8. The Labute approximate surface area is 204 Å². The number of rotatable bonds is 8. The summed E-state index contributed by atoms with van der Waals surface area (Å²) in [5.74, 6) is 1.42. The van der Waals surface area contributed by atoms with E-state index < -0.39 is 0 Å². The van der Waals surface area contributed by atoms with Gasteiger partial charge in [0.15, 0.2) is 0 Å². The summed E-state index contributed by atoms with van der Waals surface area (Å²) >= 11 is 6.15. The number of carbonyl (C=O) groups is 1. The monoisotopic (exact) mass is 474 g/mol. The number of ether oxygens (including phenoxy) is 1. The summed E-state index contributed by atoms with van der Waals surface area (Å²) in [4.78, 5) is 13.0. The second-order valence-electron chi connectivity index (χ2n) is 8.32. The summed E-state index contributed by atoms with van der Waals surface area (Å²) in [5, 5.41) is 7.82. The number of aromatic nitrogens is 1. The standard InChI is InChI=1S/C28H27ClN2O3/c1-18-15-23(29)11-14-25(18)28(22-7-5-4-6-8-22)30-27(32)16-21-9-12-24(13-10-21)33-17-26-19(2)31-34-20(26)3/h4-15,28H,16-17H2,1-3H3,(H,30,32). The van der Waals surface area contributed by atoms with Gasteiger partial charge in [0, 0.05) is 5.02 Å². The molecule has 0 aliphatic heterocycles. The van der Waals surface area contributed by atoms with Crippen LogP contribution in [0.3, 0.4) is 0 Å². The van der Waals surface area contributed by atoms with Gasteiger partial charge in [-0.25, -0.2) is 0 Å². The van der Waals surface area contributed by atoms with Gasteiger partial charge < -0.3 is 14.6 Å². The Kier molecular flexibility index (Phi) is 7.33. The van der Waals surface area contributed by atoms with Crippen LogP contribution in [0.1, 0.15) is 45.3 Å². The molecule has 0 aliphatic carbocycles. The fourth-order valence-electron chi connectivity index (χ4n) is 3.91. The number of hydrogen-bond donors (Lipinski definition) is 1. The highest BCUT2D eigenvalue weighted by atomic mass is 35.5. The molecule has 0 fully saturated rings. The number of nitrogens with zero attached hydrogens (tertiary/aromatic N) is 1. The maximum atomic E-state index is 13.0. The van der Waals surface area contributed by atoms with Crippen molar-refractivity contribution in [2.24, 2.45) is 0 Å². The van der Waals surface area contributed by atoms with Crippen molar-refractivity contribution in [1.82, 2.24) is 10.5 Å². The van der Waals surface area contributed by atoms with Crippen molar-refractivity contribution in [1.29, 1.82) is 0 Å². The zero-order valence-corrected chi connectivity index (χ0v) is 20.2. The van der Waals surface area contributed by atoms with Crippen molar-refractivity contribution in [2.45, 2.75) is 39.8 Å². The van der Waals surface area contributed by atoms with Gasteiger partial charge in [-0.15, -0.1) is 0 Å². The maximum Gasteiger partial charge on any atom is 0.225 e. The van der Waals surface area contributed by atoms with E-state index in [9.17, 15) is 4.79 Å². The summed E-state index contributed by atoms with van der Waals surface area (Å²) in [5.41, 5.74) is 5.75. The first-order chi connectivity index (χ1) is 16.4. The molecular formula is C28H27ClN2O3. The molecule has 1 heterocycles. The van der Waals surface area contributed by atoms with E-state index in [4.69, 9.17) is 20.9 Å². The van der Waals surface area contributed by atoms with Crippen molar-refractivity contribution in [3.8, 4) is 5.75 Å². The van der Waals surface area contributed by atoms with Gasteiger partial charge in [0.25, 0.3) is 0 Å². The van der Waals surface area contributed by atoms with Crippen LogP contribution in [0.2, 0.25) is 5.02 Å². The highest BCUT2D eigenvalue weighted by molar-refractivity contribution is 6.30. The molecule has 174 valence electrons. The minimum absolute atomic E-state index is 0.0624. The first-order valence-corrected chi connectivity index (χ1v) is 11.5. The maximum absolute atomic E-state index is 13.0. The molecular weight excluding hydrogens is 448 g/mol. The number of amides is 1. The van der Waals surface area contributed by atoms with E-state index in [-0.39, 0.29) is 18.4 Å². The Morgan fingerprint density at radius 3 is 2.41 bits per heavy atom. The summed E-state index contributed by atoms with van der Waals surface area (Å²) in [6.45, 7) is 6.16. The van der Waals surface area contributed by atoms with Gasteiger partial charge in [0.2, 0.25) is 5.91 Å². The number of benzene rings is 3. The van der Waals surface area contributed by atoms with Gasteiger partial charge in [-0.1, -0.05) is 65.3 Å². The van der Waals surface area contributed by atoms with Crippen molar-refractivity contribution in [3.63, 3.8) is 0 Å². The Morgan fingerprint density at radius 1 is 1.03 bits per heavy atom. The Balaban J connectivity index is 1.43. The molecule has 4 rings (SSSR count). The predicted molar refractivity (Wildman–Crippen MR) is 133 cm³/mol. The van der Waals surface area contributed by atoms with Gasteiger partial charge in [0.05, 0.1) is 23.7 Å². The van der Waals surface area contributed by atoms with Crippen molar-refractivity contribution in [3.05, 3.63) is 117 Å². The molecule has 0 aliphatic rings. The number of halogens is 1. The Hall–Kier alpha value is -3.57. The molecule has 0 radical (unpaired) electrons. The van der Waals surface area contributed by atoms with Crippen molar-refractivity contribution < 1.29 is 14.1 Å². The van der Waals surface area contributed by atoms with Crippen LogP contribution in [-0.2, 0) is 17.8 Å². The third kappa shape index (κ3) is 5.67. The van der Waals surface area contributed by atoms with Gasteiger partial charge in [-0.3, -0.25) is 4.79 Å². The summed E-state index contributed by atoms with van der Waals surface area (Å²) in [7, 11) is 0. The number of hydrogen-bond acceptors (Lipinski definition) is 4. The van der Waals surface area contributed by atoms with Crippen LogP contribution in [0.5, 0.6) is 5.75 Å². The van der Waals surface area contributed by atoms with E-state index in [0.29, 0.717) is 11.6 Å². The van der Waals surface area contributed by atoms with E-state index in [2.05, 4.69) is 10.5 Å². The second-order valence-corrected chi connectivity index (χ2v) is 8.76. The zero-order valence-electron chi connectivity index (χ0n) is 19.5. The molecule has 3 aromatic carbocycles. The molecule has 1 unspecified atom stereocenters. The molecule has 5 nitrogen and oxygen atoms in total. The smallest absolute Gasteiger partial charge is 0.225 e. The van der Waals surface area contributed by atoms with Crippen LogP contribution in [0, 0.1) is 20.8 Å². The molecule has 1 amide bonds. The van der Waals surface area contributed by atoms with Gasteiger partial charge >= 0.3 is 0 Å². The van der Waals surface area contributed by atoms with E-state index in [1.807, 2.05) is 93.6 Å². The minimum Gasteiger partial charge on any atom is -0.489 e. The third-order valence-electron chi connectivity index (χ3n) is 5.83. The SMILES string of the molecule is Cc1cc(Cl)ccc1C(NC(=O)Cc1ccc(OCc2c(C)noc2C)cc1)c1ccccc1.